The first kappa shape index (κ1) is 14.5. The van der Waals surface area contributed by atoms with E-state index in [1.165, 1.54) is 6.26 Å². The number of aryl methyl sites for hydroxylation is 1. The predicted molar refractivity (Wildman–Crippen MR) is 83.0 cm³/mol. The van der Waals surface area contributed by atoms with Crippen molar-refractivity contribution in [2.24, 2.45) is 18.7 Å². The molecule has 1 aliphatic rings. The topological polar surface area (TPSA) is 78.0 Å². The molecule has 0 amide bonds. The number of hydrogen-bond acceptors (Lipinski definition) is 4. The van der Waals surface area contributed by atoms with Crippen LogP contribution in [0.2, 0.25) is 0 Å². The van der Waals surface area contributed by atoms with Crippen molar-refractivity contribution in [2.75, 3.05) is 12.8 Å². The Hall–Kier alpha value is -1.40. The second-order valence-corrected chi connectivity index (χ2v) is 7.94. The standard InChI is InChI=1S/C15H21N3O2S/c1-18-12-7-4-8-13(21(2,19)20)14(12)17-15(18)11-6-3-5-10(11)9-16/h4,7-8,10-11H,3,5-6,9,16H2,1-2H3. The maximum Gasteiger partial charge on any atom is 0.177 e. The fraction of sp³-hybridized carbons (Fsp3) is 0.533. The summed E-state index contributed by atoms with van der Waals surface area (Å²) in [6.45, 7) is 0.660. The van der Waals surface area contributed by atoms with Crippen molar-refractivity contribution in [2.45, 2.75) is 30.1 Å². The Morgan fingerprint density at radius 2 is 2.14 bits per heavy atom. The summed E-state index contributed by atoms with van der Waals surface area (Å²) in [5.74, 6) is 1.75. The zero-order chi connectivity index (χ0) is 15.2. The Bertz CT molecular complexity index is 780. The van der Waals surface area contributed by atoms with Gasteiger partial charge in [0.15, 0.2) is 9.84 Å². The van der Waals surface area contributed by atoms with Crippen LogP contribution in [0.25, 0.3) is 11.0 Å². The number of imidazole rings is 1. The Kier molecular flexibility index (Phi) is 3.53. The van der Waals surface area contributed by atoms with E-state index in [1.54, 1.807) is 12.1 Å². The fourth-order valence-electron chi connectivity index (χ4n) is 3.50. The van der Waals surface area contributed by atoms with Crippen LogP contribution in [0.5, 0.6) is 0 Å². The van der Waals surface area contributed by atoms with Gasteiger partial charge in [0.1, 0.15) is 11.3 Å². The zero-order valence-electron chi connectivity index (χ0n) is 12.4. The predicted octanol–water partition coefficient (Wildman–Crippen LogP) is 1.82. The highest BCUT2D eigenvalue weighted by Gasteiger charge is 2.31. The normalized spacial score (nSPS) is 23.0. The summed E-state index contributed by atoms with van der Waals surface area (Å²) in [5, 5.41) is 0. The third-order valence-electron chi connectivity index (χ3n) is 4.60. The second kappa shape index (κ2) is 5.10. The summed E-state index contributed by atoms with van der Waals surface area (Å²) in [5.41, 5.74) is 7.33. The Balaban J connectivity index is 2.20. The average molecular weight is 307 g/mol. The van der Waals surface area contributed by atoms with Crippen molar-refractivity contribution in [1.29, 1.82) is 0 Å². The lowest BCUT2D eigenvalue weighted by molar-refractivity contribution is 0.469. The molecule has 1 aliphatic carbocycles. The molecule has 1 heterocycles. The highest BCUT2D eigenvalue weighted by molar-refractivity contribution is 7.91. The minimum absolute atomic E-state index is 0.309. The van der Waals surface area contributed by atoms with E-state index in [9.17, 15) is 8.42 Å². The molecule has 1 aromatic carbocycles. The first-order valence-electron chi connectivity index (χ1n) is 7.29. The van der Waals surface area contributed by atoms with Crippen LogP contribution in [-0.2, 0) is 16.9 Å². The highest BCUT2D eigenvalue weighted by atomic mass is 32.2. The van der Waals surface area contributed by atoms with Gasteiger partial charge < -0.3 is 10.3 Å². The first-order chi connectivity index (χ1) is 9.93. The van der Waals surface area contributed by atoms with Crippen LogP contribution >= 0.6 is 0 Å². The van der Waals surface area contributed by atoms with E-state index in [2.05, 4.69) is 4.98 Å². The molecule has 0 saturated heterocycles. The molecule has 1 aromatic heterocycles. The molecule has 2 atom stereocenters. The molecule has 6 heteroatoms. The number of rotatable bonds is 3. The van der Waals surface area contributed by atoms with Gasteiger partial charge in [0.25, 0.3) is 0 Å². The van der Waals surface area contributed by atoms with E-state index in [0.29, 0.717) is 28.8 Å². The van der Waals surface area contributed by atoms with Crippen LogP contribution in [0.3, 0.4) is 0 Å². The molecule has 3 rings (SSSR count). The molecular formula is C15H21N3O2S. The largest absolute Gasteiger partial charge is 0.331 e. The molecule has 0 bridgehead atoms. The highest BCUT2D eigenvalue weighted by Crippen LogP contribution is 2.39. The maximum absolute atomic E-state index is 11.9. The lowest BCUT2D eigenvalue weighted by Crippen LogP contribution is -2.19. The fourth-order valence-corrected chi connectivity index (χ4v) is 4.32. The van der Waals surface area contributed by atoms with Crippen LogP contribution in [0.15, 0.2) is 23.1 Å². The quantitative estimate of drug-likeness (QED) is 0.938. The molecule has 21 heavy (non-hydrogen) atoms. The summed E-state index contributed by atoms with van der Waals surface area (Å²) in [6, 6.07) is 5.33. The van der Waals surface area contributed by atoms with E-state index in [-0.39, 0.29) is 0 Å². The Morgan fingerprint density at radius 1 is 1.38 bits per heavy atom. The van der Waals surface area contributed by atoms with Crippen molar-refractivity contribution < 1.29 is 8.42 Å². The summed E-state index contributed by atoms with van der Waals surface area (Å²) in [4.78, 5) is 5.00. The monoisotopic (exact) mass is 307 g/mol. The van der Waals surface area contributed by atoms with Crippen molar-refractivity contribution in [3.05, 3.63) is 24.0 Å². The molecule has 1 saturated carbocycles. The molecular weight excluding hydrogens is 286 g/mol. The van der Waals surface area contributed by atoms with E-state index in [0.717, 1.165) is 30.6 Å². The van der Waals surface area contributed by atoms with Crippen LogP contribution in [0.4, 0.5) is 0 Å². The summed E-state index contributed by atoms with van der Waals surface area (Å²) >= 11 is 0. The maximum atomic E-state index is 11.9. The third-order valence-corrected chi connectivity index (χ3v) is 5.73. The van der Waals surface area contributed by atoms with Crippen molar-refractivity contribution in [3.8, 4) is 0 Å². The zero-order valence-corrected chi connectivity index (χ0v) is 13.2. The number of para-hydroxylation sites is 1. The SMILES string of the molecule is Cn1c(C2CCCC2CN)nc2c(S(C)(=O)=O)cccc21. The number of aromatic nitrogens is 2. The van der Waals surface area contributed by atoms with E-state index in [1.807, 2.05) is 17.7 Å². The van der Waals surface area contributed by atoms with Gasteiger partial charge in [-0.15, -0.1) is 0 Å². The van der Waals surface area contributed by atoms with Crippen LogP contribution < -0.4 is 5.73 Å². The minimum atomic E-state index is -3.28. The van der Waals surface area contributed by atoms with Gasteiger partial charge in [0.2, 0.25) is 0 Å². The number of nitrogens with zero attached hydrogens (tertiary/aromatic N) is 2. The lowest BCUT2D eigenvalue weighted by atomic mass is 9.95. The van der Waals surface area contributed by atoms with Gasteiger partial charge in [-0.2, -0.15) is 0 Å². The van der Waals surface area contributed by atoms with Gasteiger partial charge in [0, 0.05) is 19.2 Å². The smallest absolute Gasteiger partial charge is 0.177 e. The molecule has 1 fully saturated rings. The van der Waals surface area contributed by atoms with Gasteiger partial charge >= 0.3 is 0 Å². The Labute approximate surface area is 125 Å². The summed E-state index contributed by atoms with van der Waals surface area (Å²) in [6.07, 6.45) is 4.60. The molecule has 5 nitrogen and oxygen atoms in total. The Morgan fingerprint density at radius 3 is 2.81 bits per heavy atom. The average Bonchev–Trinajstić information content (AvgIpc) is 3.02. The first-order valence-corrected chi connectivity index (χ1v) is 9.18. The summed E-state index contributed by atoms with van der Waals surface area (Å²) in [7, 11) is -1.32. The van der Waals surface area contributed by atoms with E-state index in [4.69, 9.17) is 5.73 Å². The van der Waals surface area contributed by atoms with Crippen LogP contribution in [0, 0.1) is 5.92 Å². The van der Waals surface area contributed by atoms with Crippen molar-refractivity contribution in [1.82, 2.24) is 9.55 Å². The number of sulfone groups is 1. The van der Waals surface area contributed by atoms with Gasteiger partial charge in [-0.3, -0.25) is 0 Å². The van der Waals surface area contributed by atoms with Gasteiger partial charge in [-0.1, -0.05) is 12.5 Å². The lowest BCUT2D eigenvalue weighted by Gasteiger charge is -2.17. The minimum Gasteiger partial charge on any atom is -0.331 e. The molecule has 2 unspecified atom stereocenters. The molecule has 0 aliphatic heterocycles. The molecule has 2 aromatic rings. The van der Waals surface area contributed by atoms with Crippen LogP contribution in [-0.4, -0.2) is 30.8 Å². The van der Waals surface area contributed by atoms with Crippen molar-refractivity contribution in [3.63, 3.8) is 0 Å². The summed E-state index contributed by atoms with van der Waals surface area (Å²) < 4.78 is 25.9. The van der Waals surface area contributed by atoms with Gasteiger partial charge in [-0.05, 0) is 37.4 Å². The molecule has 114 valence electrons. The number of nitrogens with two attached hydrogens (primary N) is 1. The molecule has 2 N–H and O–H groups in total. The molecule has 0 spiro atoms. The van der Waals surface area contributed by atoms with E-state index < -0.39 is 9.84 Å². The van der Waals surface area contributed by atoms with Crippen molar-refractivity contribution >= 4 is 20.9 Å². The number of hydrogen-bond donors (Lipinski definition) is 1. The van der Waals surface area contributed by atoms with Crippen LogP contribution in [0.1, 0.15) is 31.0 Å². The second-order valence-electron chi connectivity index (χ2n) is 5.96. The van der Waals surface area contributed by atoms with Gasteiger partial charge in [0.05, 0.1) is 10.4 Å². The number of benzene rings is 1. The third kappa shape index (κ3) is 2.36. The van der Waals surface area contributed by atoms with E-state index >= 15 is 0 Å². The number of fused-ring (bicyclic) bond motifs is 1. The van der Waals surface area contributed by atoms with Gasteiger partial charge in [-0.25, -0.2) is 13.4 Å². The molecule has 0 radical (unpaired) electrons.